The van der Waals surface area contributed by atoms with Crippen LogP contribution in [-0.4, -0.2) is 30.9 Å². The van der Waals surface area contributed by atoms with Gasteiger partial charge in [-0.15, -0.1) is 0 Å². The number of nitrogens with zero attached hydrogens (tertiary/aromatic N) is 1. The van der Waals surface area contributed by atoms with Gasteiger partial charge in [0.1, 0.15) is 18.1 Å². The highest BCUT2D eigenvalue weighted by Gasteiger charge is 2.36. The van der Waals surface area contributed by atoms with Crippen LogP contribution in [0.3, 0.4) is 0 Å². The van der Waals surface area contributed by atoms with Crippen LogP contribution in [0.15, 0.2) is 42.5 Å². The number of hydrogen-bond acceptors (Lipinski definition) is 4. The molecule has 27 heavy (non-hydrogen) atoms. The summed E-state index contributed by atoms with van der Waals surface area (Å²) in [7, 11) is 0. The van der Waals surface area contributed by atoms with Crippen molar-refractivity contribution in [1.82, 2.24) is 0 Å². The quantitative estimate of drug-likeness (QED) is 0.724. The summed E-state index contributed by atoms with van der Waals surface area (Å²) in [4.78, 5) is 26.4. The van der Waals surface area contributed by atoms with Crippen molar-refractivity contribution in [3.8, 4) is 11.5 Å². The molecule has 1 unspecified atom stereocenters. The van der Waals surface area contributed by atoms with Gasteiger partial charge in [-0.1, -0.05) is 26.0 Å². The Hall–Kier alpha value is -2.82. The fourth-order valence-electron chi connectivity index (χ4n) is 3.12. The van der Waals surface area contributed by atoms with E-state index in [9.17, 15) is 9.59 Å². The van der Waals surface area contributed by atoms with Crippen molar-refractivity contribution < 1.29 is 19.1 Å². The molecule has 0 aliphatic carbocycles. The van der Waals surface area contributed by atoms with Gasteiger partial charge in [0.25, 0.3) is 5.91 Å². The Morgan fingerprint density at radius 2 is 2.00 bits per heavy atom. The minimum atomic E-state index is -0.542. The normalized spacial score (nSPS) is 16.1. The molecule has 0 aromatic heterocycles. The second-order valence-corrected chi connectivity index (χ2v) is 7.18. The molecule has 1 aliphatic heterocycles. The first-order chi connectivity index (χ1) is 12.9. The number of benzene rings is 2. The van der Waals surface area contributed by atoms with E-state index in [1.165, 1.54) is 6.92 Å². The molecular formula is C22H25NO4. The SMILES string of the molecule is CC(=O)c1ccc2c(c1)N(CCOc1cccc(C)c1)C(=O)C(C(C)C)O2. The second kappa shape index (κ2) is 7.82. The number of rotatable bonds is 6. The van der Waals surface area contributed by atoms with Crippen LogP contribution in [0.2, 0.25) is 0 Å². The molecule has 3 rings (SSSR count). The number of fused-ring (bicyclic) bond motifs is 1. The lowest BCUT2D eigenvalue weighted by molar-refractivity contribution is -0.128. The van der Waals surface area contributed by atoms with E-state index in [1.54, 1.807) is 23.1 Å². The molecule has 142 valence electrons. The van der Waals surface area contributed by atoms with Gasteiger partial charge in [0.15, 0.2) is 11.9 Å². The van der Waals surface area contributed by atoms with Crippen molar-refractivity contribution in [2.24, 2.45) is 5.92 Å². The summed E-state index contributed by atoms with van der Waals surface area (Å²) in [5.74, 6) is 1.28. The van der Waals surface area contributed by atoms with E-state index in [1.807, 2.05) is 45.0 Å². The molecule has 1 atom stereocenters. The summed E-state index contributed by atoms with van der Waals surface area (Å²) >= 11 is 0. The third-order valence-corrected chi connectivity index (χ3v) is 4.60. The number of ketones is 1. The summed E-state index contributed by atoms with van der Waals surface area (Å²) < 4.78 is 11.7. The van der Waals surface area contributed by atoms with E-state index in [2.05, 4.69) is 0 Å². The highest BCUT2D eigenvalue weighted by Crippen LogP contribution is 2.36. The zero-order chi connectivity index (χ0) is 19.6. The van der Waals surface area contributed by atoms with Gasteiger partial charge in [-0.05, 0) is 55.7 Å². The van der Waals surface area contributed by atoms with Crippen molar-refractivity contribution in [2.45, 2.75) is 33.8 Å². The minimum Gasteiger partial charge on any atom is -0.492 e. The van der Waals surface area contributed by atoms with Crippen molar-refractivity contribution in [3.05, 3.63) is 53.6 Å². The molecule has 1 heterocycles. The summed E-state index contributed by atoms with van der Waals surface area (Å²) in [5, 5.41) is 0. The van der Waals surface area contributed by atoms with Crippen LogP contribution in [0.25, 0.3) is 0 Å². The largest absolute Gasteiger partial charge is 0.492 e. The van der Waals surface area contributed by atoms with Crippen molar-refractivity contribution in [1.29, 1.82) is 0 Å². The van der Waals surface area contributed by atoms with Crippen molar-refractivity contribution >= 4 is 17.4 Å². The maximum absolute atomic E-state index is 13.0. The molecule has 5 heteroatoms. The van der Waals surface area contributed by atoms with Crippen molar-refractivity contribution in [3.63, 3.8) is 0 Å². The molecule has 0 bridgehead atoms. The number of amides is 1. The van der Waals surface area contributed by atoms with E-state index in [4.69, 9.17) is 9.47 Å². The molecule has 0 saturated carbocycles. The van der Waals surface area contributed by atoms with E-state index in [0.717, 1.165) is 11.3 Å². The van der Waals surface area contributed by atoms with Gasteiger partial charge in [0.2, 0.25) is 0 Å². The molecule has 1 amide bonds. The van der Waals surface area contributed by atoms with E-state index < -0.39 is 6.10 Å². The smallest absolute Gasteiger partial charge is 0.268 e. The molecule has 0 saturated heterocycles. The van der Waals surface area contributed by atoms with Crippen LogP contribution >= 0.6 is 0 Å². The fraction of sp³-hybridized carbons (Fsp3) is 0.364. The third-order valence-electron chi connectivity index (χ3n) is 4.60. The van der Waals surface area contributed by atoms with Gasteiger partial charge >= 0.3 is 0 Å². The van der Waals surface area contributed by atoms with Gasteiger partial charge in [-0.3, -0.25) is 9.59 Å². The summed E-state index contributed by atoms with van der Waals surface area (Å²) in [5.41, 5.74) is 2.29. The van der Waals surface area contributed by atoms with Gasteiger partial charge in [0, 0.05) is 5.56 Å². The first-order valence-electron chi connectivity index (χ1n) is 9.19. The number of ether oxygens (including phenoxy) is 2. The standard InChI is InChI=1S/C22H25NO4/c1-14(2)21-22(25)23(10-11-26-18-7-5-6-15(3)12-18)19-13-17(16(4)24)8-9-20(19)27-21/h5-9,12-14,21H,10-11H2,1-4H3. The van der Waals surface area contributed by atoms with E-state index in [-0.39, 0.29) is 17.6 Å². The number of anilines is 1. The van der Waals surface area contributed by atoms with Crippen LogP contribution in [0, 0.1) is 12.8 Å². The topological polar surface area (TPSA) is 55.8 Å². The third kappa shape index (κ3) is 4.13. The zero-order valence-electron chi connectivity index (χ0n) is 16.2. The molecule has 0 spiro atoms. The zero-order valence-corrected chi connectivity index (χ0v) is 16.2. The predicted octanol–water partition coefficient (Wildman–Crippen LogP) is 4.03. The van der Waals surface area contributed by atoms with Crippen LogP contribution in [0.5, 0.6) is 11.5 Å². The minimum absolute atomic E-state index is 0.0401. The van der Waals surface area contributed by atoms with Crippen LogP contribution < -0.4 is 14.4 Å². The van der Waals surface area contributed by atoms with Gasteiger partial charge in [-0.25, -0.2) is 0 Å². The monoisotopic (exact) mass is 367 g/mol. The Bertz CT molecular complexity index is 859. The number of Topliss-reactive ketones (excluding diaryl/α,β-unsaturated/α-hetero) is 1. The van der Waals surface area contributed by atoms with Crippen molar-refractivity contribution in [2.75, 3.05) is 18.1 Å². The maximum atomic E-state index is 13.0. The molecule has 0 fully saturated rings. The molecule has 2 aromatic carbocycles. The van der Waals surface area contributed by atoms with Gasteiger partial charge < -0.3 is 14.4 Å². The number of carbonyl (C=O) groups is 2. The molecule has 0 radical (unpaired) electrons. The predicted molar refractivity (Wildman–Crippen MR) is 105 cm³/mol. The highest BCUT2D eigenvalue weighted by atomic mass is 16.5. The average Bonchev–Trinajstić information content (AvgIpc) is 2.62. The van der Waals surface area contributed by atoms with E-state index >= 15 is 0 Å². The summed E-state index contributed by atoms with van der Waals surface area (Å²) in [6.07, 6.45) is -0.542. The van der Waals surface area contributed by atoms with Crippen LogP contribution in [0.4, 0.5) is 5.69 Å². The van der Waals surface area contributed by atoms with Gasteiger partial charge in [0.05, 0.1) is 12.2 Å². The molecule has 0 N–H and O–H groups in total. The van der Waals surface area contributed by atoms with Crippen LogP contribution in [0.1, 0.15) is 36.7 Å². The number of aryl methyl sites for hydroxylation is 1. The molecular weight excluding hydrogens is 342 g/mol. The summed E-state index contributed by atoms with van der Waals surface area (Å²) in [6, 6.07) is 13.0. The maximum Gasteiger partial charge on any atom is 0.268 e. The molecule has 5 nitrogen and oxygen atoms in total. The van der Waals surface area contributed by atoms with Gasteiger partial charge in [-0.2, -0.15) is 0 Å². The Labute approximate surface area is 159 Å². The Kier molecular flexibility index (Phi) is 5.49. The average molecular weight is 367 g/mol. The first kappa shape index (κ1) is 19.0. The summed E-state index contributed by atoms with van der Waals surface area (Å²) in [6.45, 7) is 8.16. The second-order valence-electron chi connectivity index (χ2n) is 7.18. The Morgan fingerprint density at radius 3 is 2.67 bits per heavy atom. The molecule has 2 aromatic rings. The highest BCUT2D eigenvalue weighted by molar-refractivity contribution is 6.02. The lowest BCUT2D eigenvalue weighted by Crippen LogP contribution is -2.49. The lowest BCUT2D eigenvalue weighted by atomic mass is 10.0. The molecule has 1 aliphatic rings. The lowest BCUT2D eigenvalue weighted by Gasteiger charge is -2.36. The Morgan fingerprint density at radius 1 is 1.22 bits per heavy atom. The van der Waals surface area contributed by atoms with E-state index in [0.29, 0.717) is 30.2 Å². The Balaban J connectivity index is 1.83. The van der Waals surface area contributed by atoms with Crippen LogP contribution in [-0.2, 0) is 4.79 Å². The number of carbonyl (C=O) groups excluding carboxylic acids is 2. The number of hydrogen-bond donors (Lipinski definition) is 0. The fourth-order valence-corrected chi connectivity index (χ4v) is 3.12. The first-order valence-corrected chi connectivity index (χ1v) is 9.19.